The quantitative estimate of drug-likeness (QED) is 0.823. The fraction of sp³-hybridized carbons (Fsp3) is 0.625. The van der Waals surface area contributed by atoms with Crippen LogP contribution in [0.5, 0.6) is 0 Å². The molecule has 19 heavy (non-hydrogen) atoms. The molecule has 0 bridgehead atoms. The van der Waals surface area contributed by atoms with Crippen LogP contribution in [0.2, 0.25) is 0 Å². The molecular formula is C16H28N2O. The molecule has 1 aromatic carbocycles. The van der Waals surface area contributed by atoms with Gasteiger partial charge in [0.25, 0.3) is 0 Å². The van der Waals surface area contributed by atoms with E-state index in [9.17, 15) is 0 Å². The van der Waals surface area contributed by atoms with Gasteiger partial charge in [0, 0.05) is 25.7 Å². The molecule has 0 heterocycles. The molecule has 2 atom stereocenters. The predicted molar refractivity (Wildman–Crippen MR) is 81.4 cm³/mol. The van der Waals surface area contributed by atoms with Gasteiger partial charge in [0.15, 0.2) is 0 Å². The monoisotopic (exact) mass is 264 g/mol. The summed E-state index contributed by atoms with van der Waals surface area (Å²) in [5.74, 6) is 0. The van der Waals surface area contributed by atoms with Gasteiger partial charge in [-0.3, -0.25) is 0 Å². The first-order valence-corrected chi connectivity index (χ1v) is 6.97. The number of aryl methyl sites for hydroxylation is 2. The van der Waals surface area contributed by atoms with Crippen molar-refractivity contribution in [1.29, 1.82) is 0 Å². The standard InChI is InChI=1S/C16H28N2O/c1-12-8-13(2)10-15(9-12)16(17)6-7-18(4)14(3)11-19-5/h8-10,14,16H,6-7,11,17H2,1-5H3. The molecule has 2 unspecified atom stereocenters. The highest BCUT2D eigenvalue weighted by Gasteiger charge is 2.12. The summed E-state index contributed by atoms with van der Waals surface area (Å²) in [6, 6.07) is 7.10. The largest absolute Gasteiger partial charge is 0.383 e. The van der Waals surface area contributed by atoms with Crippen molar-refractivity contribution in [3.8, 4) is 0 Å². The van der Waals surface area contributed by atoms with Crippen molar-refractivity contribution in [2.75, 3.05) is 27.3 Å². The Bertz CT molecular complexity index is 372. The molecule has 3 heteroatoms. The molecule has 0 saturated carbocycles. The zero-order chi connectivity index (χ0) is 14.4. The molecule has 0 aliphatic carbocycles. The number of nitrogens with two attached hydrogens (primary N) is 1. The second kappa shape index (κ2) is 7.63. The van der Waals surface area contributed by atoms with Crippen LogP contribution in [0.15, 0.2) is 18.2 Å². The highest BCUT2D eigenvalue weighted by molar-refractivity contribution is 5.30. The van der Waals surface area contributed by atoms with Gasteiger partial charge in [0.1, 0.15) is 0 Å². The summed E-state index contributed by atoms with van der Waals surface area (Å²) in [4.78, 5) is 2.30. The Kier molecular flexibility index (Phi) is 6.49. The molecular weight excluding hydrogens is 236 g/mol. The fourth-order valence-electron chi connectivity index (χ4n) is 2.32. The smallest absolute Gasteiger partial charge is 0.0615 e. The number of methoxy groups -OCH3 is 1. The zero-order valence-electron chi connectivity index (χ0n) is 12.9. The van der Waals surface area contributed by atoms with Crippen LogP contribution >= 0.6 is 0 Å². The summed E-state index contributed by atoms with van der Waals surface area (Å²) >= 11 is 0. The number of likely N-dealkylation sites (N-methyl/N-ethyl adjacent to an activating group) is 1. The topological polar surface area (TPSA) is 38.5 Å². The number of rotatable bonds is 7. The third kappa shape index (κ3) is 5.31. The van der Waals surface area contributed by atoms with Crippen LogP contribution in [0.4, 0.5) is 0 Å². The number of nitrogens with zero attached hydrogens (tertiary/aromatic N) is 1. The van der Waals surface area contributed by atoms with Gasteiger partial charge in [-0.2, -0.15) is 0 Å². The molecule has 1 aromatic rings. The van der Waals surface area contributed by atoms with Gasteiger partial charge in [-0.05, 0) is 39.8 Å². The van der Waals surface area contributed by atoms with Crippen molar-refractivity contribution >= 4 is 0 Å². The van der Waals surface area contributed by atoms with Crippen LogP contribution in [0.3, 0.4) is 0 Å². The molecule has 0 spiro atoms. The van der Waals surface area contributed by atoms with Crippen molar-refractivity contribution in [3.05, 3.63) is 34.9 Å². The lowest BCUT2D eigenvalue weighted by Gasteiger charge is -2.25. The van der Waals surface area contributed by atoms with E-state index in [1.807, 2.05) is 0 Å². The van der Waals surface area contributed by atoms with E-state index in [-0.39, 0.29) is 6.04 Å². The molecule has 3 nitrogen and oxygen atoms in total. The maximum absolute atomic E-state index is 6.30. The molecule has 2 N–H and O–H groups in total. The Labute approximate surface area is 117 Å². The van der Waals surface area contributed by atoms with Crippen molar-refractivity contribution in [1.82, 2.24) is 4.90 Å². The van der Waals surface area contributed by atoms with Crippen LogP contribution in [-0.4, -0.2) is 38.3 Å². The van der Waals surface area contributed by atoms with Gasteiger partial charge >= 0.3 is 0 Å². The molecule has 0 fully saturated rings. The number of ether oxygens (including phenoxy) is 1. The highest BCUT2D eigenvalue weighted by atomic mass is 16.5. The van der Waals surface area contributed by atoms with Crippen molar-refractivity contribution < 1.29 is 4.74 Å². The first-order valence-electron chi connectivity index (χ1n) is 6.97. The Morgan fingerprint density at radius 2 is 1.79 bits per heavy atom. The van der Waals surface area contributed by atoms with E-state index in [0.29, 0.717) is 6.04 Å². The average molecular weight is 264 g/mol. The molecule has 0 radical (unpaired) electrons. The maximum atomic E-state index is 6.30. The van der Waals surface area contributed by atoms with Gasteiger partial charge in [0.05, 0.1) is 6.61 Å². The molecule has 0 aliphatic rings. The second-order valence-corrected chi connectivity index (χ2v) is 5.60. The first-order chi connectivity index (χ1) is 8.93. The van der Waals surface area contributed by atoms with E-state index >= 15 is 0 Å². The number of benzene rings is 1. The van der Waals surface area contributed by atoms with Crippen LogP contribution in [0.1, 0.15) is 36.1 Å². The minimum Gasteiger partial charge on any atom is -0.383 e. The summed E-state index contributed by atoms with van der Waals surface area (Å²) in [5, 5.41) is 0. The second-order valence-electron chi connectivity index (χ2n) is 5.60. The van der Waals surface area contributed by atoms with Crippen molar-refractivity contribution in [2.24, 2.45) is 5.73 Å². The van der Waals surface area contributed by atoms with E-state index < -0.39 is 0 Å². The van der Waals surface area contributed by atoms with Crippen LogP contribution in [-0.2, 0) is 4.74 Å². The van der Waals surface area contributed by atoms with E-state index in [0.717, 1.165) is 19.6 Å². The Morgan fingerprint density at radius 3 is 2.32 bits per heavy atom. The van der Waals surface area contributed by atoms with E-state index in [4.69, 9.17) is 10.5 Å². The summed E-state index contributed by atoms with van der Waals surface area (Å²) in [7, 11) is 3.86. The van der Waals surface area contributed by atoms with E-state index in [1.54, 1.807) is 7.11 Å². The summed E-state index contributed by atoms with van der Waals surface area (Å²) < 4.78 is 5.17. The third-order valence-electron chi connectivity index (χ3n) is 3.63. The van der Waals surface area contributed by atoms with Gasteiger partial charge < -0.3 is 15.4 Å². The van der Waals surface area contributed by atoms with Crippen LogP contribution in [0, 0.1) is 13.8 Å². The lowest BCUT2D eigenvalue weighted by molar-refractivity contribution is 0.114. The maximum Gasteiger partial charge on any atom is 0.0615 e. The van der Waals surface area contributed by atoms with Gasteiger partial charge in [0.2, 0.25) is 0 Å². The minimum atomic E-state index is 0.107. The molecule has 0 aliphatic heterocycles. The van der Waals surface area contributed by atoms with E-state index in [2.05, 4.69) is 50.9 Å². The SMILES string of the molecule is COCC(C)N(C)CCC(N)c1cc(C)cc(C)c1. The first kappa shape index (κ1) is 16.2. The van der Waals surface area contributed by atoms with Gasteiger partial charge in [-0.15, -0.1) is 0 Å². The number of hydrogen-bond donors (Lipinski definition) is 1. The lowest BCUT2D eigenvalue weighted by atomic mass is 9.99. The molecule has 0 amide bonds. The average Bonchev–Trinajstić information content (AvgIpc) is 2.34. The molecule has 1 rings (SSSR count). The van der Waals surface area contributed by atoms with Crippen LogP contribution in [0.25, 0.3) is 0 Å². The molecule has 0 aromatic heterocycles. The Balaban J connectivity index is 2.53. The number of hydrogen-bond acceptors (Lipinski definition) is 3. The normalized spacial score (nSPS) is 14.7. The Hall–Kier alpha value is -0.900. The van der Waals surface area contributed by atoms with Gasteiger partial charge in [-0.25, -0.2) is 0 Å². The Morgan fingerprint density at radius 1 is 1.21 bits per heavy atom. The minimum absolute atomic E-state index is 0.107. The van der Waals surface area contributed by atoms with Crippen molar-refractivity contribution in [2.45, 2.75) is 39.3 Å². The fourth-order valence-corrected chi connectivity index (χ4v) is 2.32. The predicted octanol–water partition coefficient (Wildman–Crippen LogP) is 2.66. The molecule has 0 saturated heterocycles. The van der Waals surface area contributed by atoms with Gasteiger partial charge in [-0.1, -0.05) is 29.3 Å². The van der Waals surface area contributed by atoms with E-state index in [1.165, 1.54) is 16.7 Å². The lowest BCUT2D eigenvalue weighted by Crippen LogP contribution is -2.34. The highest BCUT2D eigenvalue weighted by Crippen LogP contribution is 2.18. The van der Waals surface area contributed by atoms with Crippen LogP contribution < -0.4 is 5.73 Å². The summed E-state index contributed by atoms with van der Waals surface area (Å²) in [5.41, 5.74) is 10.1. The molecule has 108 valence electrons. The zero-order valence-corrected chi connectivity index (χ0v) is 12.9. The van der Waals surface area contributed by atoms with Crippen molar-refractivity contribution in [3.63, 3.8) is 0 Å². The summed E-state index contributed by atoms with van der Waals surface area (Å²) in [6.45, 7) is 8.16. The summed E-state index contributed by atoms with van der Waals surface area (Å²) in [6.07, 6.45) is 0.966. The third-order valence-corrected chi connectivity index (χ3v) is 3.63.